The molecule has 0 saturated carbocycles. The first-order chi connectivity index (χ1) is 6.11. The normalized spacial score (nSPS) is 13.3. The van der Waals surface area contributed by atoms with Crippen LogP contribution in [0.2, 0.25) is 0 Å². The lowest BCUT2D eigenvalue weighted by molar-refractivity contribution is -0.120. The van der Waals surface area contributed by atoms with Crippen molar-refractivity contribution in [2.24, 2.45) is 0 Å². The number of hydrogen-bond donors (Lipinski definition) is 1. The molecule has 0 aromatic heterocycles. The van der Waals surface area contributed by atoms with Crippen molar-refractivity contribution in [1.29, 1.82) is 0 Å². The van der Waals surface area contributed by atoms with Crippen LogP contribution in [0.3, 0.4) is 0 Å². The highest BCUT2D eigenvalue weighted by Gasteiger charge is 2.14. The van der Waals surface area contributed by atoms with Crippen LogP contribution >= 0.6 is 0 Å². The third-order valence-electron chi connectivity index (χ3n) is 2.05. The Labute approximate surface area is 81.5 Å². The van der Waals surface area contributed by atoms with Crippen LogP contribution in [-0.2, 0) is 4.79 Å². The zero-order valence-corrected chi connectivity index (χ0v) is 9.26. The van der Waals surface area contributed by atoms with E-state index in [1.54, 1.807) is 0 Å². The molecule has 0 amide bonds. The molecule has 0 aliphatic rings. The molecule has 0 aromatic carbocycles. The first-order valence-corrected chi connectivity index (χ1v) is 5.02. The second kappa shape index (κ2) is 7.04. The number of likely N-dealkylation sites (N-methyl/N-ethyl adjacent to an activating group) is 1. The van der Waals surface area contributed by atoms with Gasteiger partial charge in [-0.25, -0.2) is 0 Å². The van der Waals surface area contributed by atoms with Gasteiger partial charge in [0.1, 0.15) is 5.78 Å². The zero-order valence-electron chi connectivity index (χ0n) is 9.26. The Morgan fingerprint density at radius 2 is 2.00 bits per heavy atom. The summed E-state index contributed by atoms with van der Waals surface area (Å²) in [6, 6.07) is 0.0531. The van der Waals surface area contributed by atoms with Crippen molar-refractivity contribution < 1.29 is 4.79 Å². The molecule has 0 spiro atoms. The number of carbonyl (C=O) groups excluding carboxylic acids is 1. The number of nitrogens with one attached hydrogen (secondary N) is 1. The van der Waals surface area contributed by atoms with Gasteiger partial charge >= 0.3 is 0 Å². The molecule has 0 aliphatic heterocycles. The van der Waals surface area contributed by atoms with Crippen LogP contribution < -0.4 is 5.32 Å². The summed E-state index contributed by atoms with van der Waals surface area (Å²) in [5.74, 6) is 0.323. The lowest BCUT2D eigenvalue weighted by Crippen LogP contribution is -2.38. The number of nitrogens with zero attached hydrogens (tertiary/aromatic N) is 1. The molecule has 3 heteroatoms. The SMILES string of the molecule is CCNC(CCN(C)C)C(=O)CC. The Kier molecular flexibility index (Phi) is 6.82. The monoisotopic (exact) mass is 186 g/mol. The van der Waals surface area contributed by atoms with Gasteiger partial charge in [0, 0.05) is 6.42 Å². The third kappa shape index (κ3) is 5.77. The predicted octanol–water partition coefficient (Wildman–Crippen LogP) is 0.895. The standard InChI is InChI=1S/C10H22N2O/c1-5-10(13)9(11-6-2)7-8-12(3)4/h9,11H,5-8H2,1-4H3. The molecule has 0 heterocycles. The van der Waals surface area contributed by atoms with Crippen molar-refractivity contribution in [2.45, 2.75) is 32.7 Å². The number of ketones is 1. The van der Waals surface area contributed by atoms with Crippen LogP contribution in [0.25, 0.3) is 0 Å². The smallest absolute Gasteiger partial charge is 0.149 e. The molecule has 0 saturated heterocycles. The Balaban J connectivity index is 3.86. The fourth-order valence-corrected chi connectivity index (χ4v) is 1.26. The van der Waals surface area contributed by atoms with Gasteiger partial charge in [-0.05, 0) is 33.6 Å². The van der Waals surface area contributed by atoms with E-state index in [0.717, 1.165) is 19.5 Å². The minimum absolute atomic E-state index is 0.0531. The Bertz CT molecular complexity index is 146. The maximum atomic E-state index is 11.4. The zero-order chi connectivity index (χ0) is 10.3. The highest BCUT2D eigenvalue weighted by atomic mass is 16.1. The number of hydrogen-bond acceptors (Lipinski definition) is 3. The van der Waals surface area contributed by atoms with E-state index in [0.29, 0.717) is 12.2 Å². The Hall–Kier alpha value is -0.410. The largest absolute Gasteiger partial charge is 0.309 e. The molecule has 1 N–H and O–H groups in total. The highest BCUT2D eigenvalue weighted by molar-refractivity contribution is 5.83. The average molecular weight is 186 g/mol. The maximum Gasteiger partial charge on any atom is 0.149 e. The molecule has 1 atom stereocenters. The topological polar surface area (TPSA) is 32.3 Å². The van der Waals surface area contributed by atoms with Gasteiger partial charge in [-0.3, -0.25) is 4.79 Å². The minimum Gasteiger partial charge on any atom is -0.309 e. The summed E-state index contributed by atoms with van der Waals surface area (Å²) in [5, 5.41) is 3.21. The minimum atomic E-state index is 0.0531. The van der Waals surface area contributed by atoms with E-state index < -0.39 is 0 Å². The summed E-state index contributed by atoms with van der Waals surface area (Å²) in [6.07, 6.45) is 1.54. The highest BCUT2D eigenvalue weighted by Crippen LogP contribution is 1.98. The van der Waals surface area contributed by atoms with E-state index in [1.807, 2.05) is 27.9 Å². The molecule has 1 unspecified atom stereocenters. The van der Waals surface area contributed by atoms with Crippen molar-refractivity contribution in [3.8, 4) is 0 Å². The quantitative estimate of drug-likeness (QED) is 0.641. The van der Waals surface area contributed by atoms with E-state index in [1.165, 1.54) is 0 Å². The first-order valence-electron chi connectivity index (χ1n) is 5.02. The van der Waals surface area contributed by atoms with Crippen LogP contribution in [0, 0.1) is 0 Å². The summed E-state index contributed by atoms with van der Waals surface area (Å²) < 4.78 is 0. The molecule has 0 rings (SSSR count). The molecule has 0 fully saturated rings. The van der Waals surface area contributed by atoms with Gasteiger partial charge in [0.05, 0.1) is 6.04 Å². The van der Waals surface area contributed by atoms with Crippen LogP contribution in [0.5, 0.6) is 0 Å². The summed E-state index contributed by atoms with van der Waals surface area (Å²) >= 11 is 0. The predicted molar refractivity (Wildman–Crippen MR) is 55.9 cm³/mol. The summed E-state index contributed by atoms with van der Waals surface area (Å²) in [5.41, 5.74) is 0. The van der Waals surface area contributed by atoms with Gasteiger partial charge < -0.3 is 10.2 Å². The molecule has 0 aliphatic carbocycles. The Morgan fingerprint density at radius 1 is 1.38 bits per heavy atom. The van der Waals surface area contributed by atoms with Gasteiger partial charge in [-0.1, -0.05) is 13.8 Å². The third-order valence-corrected chi connectivity index (χ3v) is 2.05. The molecule has 0 aromatic rings. The van der Waals surface area contributed by atoms with Crippen molar-refractivity contribution >= 4 is 5.78 Å². The van der Waals surface area contributed by atoms with Crippen molar-refractivity contribution in [3.63, 3.8) is 0 Å². The molecule has 13 heavy (non-hydrogen) atoms. The molecule has 0 radical (unpaired) electrons. The number of Topliss-reactive ketones (excluding diaryl/α,β-unsaturated/α-hetero) is 1. The van der Waals surface area contributed by atoms with Gasteiger partial charge in [-0.15, -0.1) is 0 Å². The Morgan fingerprint density at radius 3 is 2.38 bits per heavy atom. The average Bonchev–Trinajstić information content (AvgIpc) is 2.10. The van der Waals surface area contributed by atoms with E-state index in [4.69, 9.17) is 0 Å². The maximum absolute atomic E-state index is 11.4. The number of carbonyl (C=O) groups is 1. The molecular formula is C10H22N2O. The van der Waals surface area contributed by atoms with Crippen LogP contribution in [0.15, 0.2) is 0 Å². The molecular weight excluding hydrogens is 164 g/mol. The van der Waals surface area contributed by atoms with E-state index in [2.05, 4.69) is 10.2 Å². The summed E-state index contributed by atoms with van der Waals surface area (Å²) in [6.45, 7) is 5.78. The van der Waals surface area contributed by atoms with Crippen molar-refractivity contribution in [3.05, 3.63) is 0 Å². The summed E-state index contributed by atoms with van der Waals surface area (Å²) in [7, 11) is 4.05. The van der Waals surface area contributed by atoms with E-state index in [9.17, 15) is 4.79 Å². The van der Waals surface area contributed by atoms with Crippen LogP contribution in [0.4, 0.5) is 0 Å². The van der Waals surface area contributed by atoms with Gasteiger partial charge in [0.15, 0.2) is 0 Å². The van der Waals surface area contributed by atoms with Gasteiger partial charge in [0.25, 0.3) is 0 Å². The lowest BCUT2D eigenvalue weighted by Gasteiger charge is -2.18. The lowest BCUT2D eigenvalue weighted by atomic mass is 10.1. The second-order valence-electron chi connectivity index (χ2n) is 3.52. The molecule has 78 valence electrons. The fraction of sp³-hybridized carbons (Fsp3) is 0.900. The molecule has 0 bridgehead atoms. The van der Waals surface area contributed by atoms with Crippen molar-refractivity contribution in [2.75, 3.05) is 27.2 Å². The van der Waals surface area contributed by atoms with Crippen molar-refractivity contribution in [1.82, 2.24) is 10.2 Å². The van der Waals surface area contributed by atoms with Crippen LogP contribution in [-0.4, -0.2) is 43.9 Å². The number of rotatable bonds is 7. The van der Waals surface area contributed by atoms with E-state index >= 15 is 0 Å². The van der Waals surface area contributed by atoms with Gasteiger partial charge in [0.2, 0.25) is 0 Å². The fourth-order valence-electron chi connectivity index (χ4n) is 1.26. The second-order valence-corrected chi connectivity index (χ2v) is 3.52. The first kappa shape index (κ1) is 12.6. The van der Waals surface area contributed by atoms with Gasteiger partial charge in [-0.2, -0.15) is 0 Å². The summed E-state index contributed by atoms with van der Waals surface area (Å²) in [4.78, 5) is 13.5. The molecule has 3 nitrogen and oxygen atoms in total. The van der Waals surface area contributed by atoms with E-state index in [-0.39, 0.29) is 6.04 Å². The van der Waals surface area contributed by atoms with Crippen LogP contribution in [0.1, 0.15) is 26.7 Å².